The van der Waals surface area contributed by atoms with Gasteiger partial charge in [0.05, 0.1) is 23.7 Å². The molecule has 2 aliphatic rings. The average molecular weight is 543 g/mol. The maximum absolute atomic E-state index is 12.7. The Morgan fingerprint density at radius 3 is 2.70 bits per heavy atom. The molecule has 208 valence electrons. The Morgan fingerprint density at radius 2 is 1.85 bits per heavy atom. The van der Waals surface area contributed by atoms with E-state index >= 15 is 0 Å². The van der Waals surface area contributed by atoms with Gasteiger partial charge in [0.25, 0.3) is 0 Å². The minimum Gasteiger partial charge on any atom is -0.494 e. The van der Waals surface area contributed by atoms with E-state index in [0.717, 1.165) is 29.9 Å². The molecule has 3 aromatic rings. The SMILES string of the molecule is CN(C)c1ccccc1OC(=O)CN1Cc2ccc(OCCCC(=O)NN3CCc4ccccc43)cc2N=C1N. The van der Waals surface area contributed by atoms with Crippen molar-refractivity contribution in [1.29, 1.82) is 0 Å². The minimum atomic E-state index is -0.422. The molecule has 40 heavy (non-hydrogen) atoms. The van der Waals surface area contributed by atoms with Crippen LogP contribution in [0.15, 0.2) is 71.7 Å². The highest BCUT2D eigenvalue weighted by molar-refractivity contribution is 5.88. The summed E-state index contributed by atoms with van der Waals surface area (Å²) in [7, 11) is 3.78. The summed E-state index contributed by atoms with van der Waals surface area (Å²) in [6, 6.07) is 21.1. The molecule has 2 aliphatic heterocycles. The van der Waals surface area contributed by atoms with Gasteiger partial charge in [-0.2, -0.15) is 0 Å². The van der Waals surface area contributed by atoms with Gasteiger partial charge in [0, 0.05) is 39.7 Å². The van der Waals surface area contributed by atoms with Crippen LogP contribution in [0, 0.1) is 0 Å². The van der Waals surface area contributed by atoms with E-state index in [1.54, 1.807) is 11.0 Å². The molecule has 1 amide bonds. The van der Waals surface area contributed by atoms with E-state index in [4.69, 9.17) is 15.2 Å². The van der Waals surface area contributed by atoms with Gasteiger partial charge in [-0.1, -0.05) is 36.4 Å². The molecule has 0 saturated heterocycles. The van der Waals surface area contributed by atoms with Crippen LogP contribution in [0.2, 0.25) is 0 Å². The second-order valence-corrected chi connectivity index (χ2v) is 9.97. The van der Waals surface area contributed by atoms with E-state index in [1.807, 2.05) is 78.6 Å². The molecule has 0 aromatic heterocycles. The van der Waals surface area contributed by atoms with Crippen LogP contribution in [0.25, 0.3) is 0 Å². The van der Waals surface area contributed by atoms with Gasteiger partial charge in [0.1, 0.15) is 12.3 Å². The number of fused-ring (bicyclic) bond motifs is 2. The number of hydrogen-bond acceptors (Lipinski definition) is 9. The van der Waals surface area contributed by atoms with Crippen molar-refractivity contribution in [2.75, 3.05) is 43.7 Å². The predicted molar refractivity (Wildman–Crippen MR) is 155 cm³/mol. The van der Waals surface area contributed by atoms with Crippen LogP contribution in [-0.4, -0.2) is 56.5 Å². The van der Waals surface area contributed by atoms with Gasteiger partial charge in [-0.3, -0.25) is 15.2 Å². The summed E-state index contributed by atoms with van der Waals surface area (Å²) in [6.45, 7) is 1.58. The maximum atomic E-state index is 12.7. The number of guanidine groups is 1. The summed E-state index contributed by atoms with van der Waals surface area (Å²) in [5.41, 5.74) is 13.9. The van der Waals surface area contributed by atoms with Crippen LogP contribution in [0.1, 0.15) is 24.0 Å². The highest BCUT2D eigenvalue weighted by atomic mass is 16.5. The number of rotatable bonds is 10. The van der Waals surface area contributed by atoms with Crippen molar-refractivity contribution in [2.45, 2.75) is 25.8 Å². The fourth-order valence-electron chi connectivity index (χ4n) is 4.80. The highest BCUT2D eigenvalue weighted by Crippen LogP contribution is 2.31. The number of ether oxygens (including phenoxy) is 2. The molecule has 0 bridgehead atoms. The molecular formula is C30H34N6O4. The summed E-state index contributed by atoms with van der Waals surface area (Å²) in [4.78, 5) is 33.1. The van der Waals surface area contributed by atoms with Crippen LogP contribution in [0.4, 0.5) is 17.1 Å². The Morgan fingerprint density at radius 1 is 1.05 bits per heavy atom. The third-order valence-corrected chi connectivity index (χ3v) is 6.83. The quantitative estimate of drug-likeness (QED) is 0.228. The molecule has 0 radical (unpaired) electrons. The summed E-state index contributed by atoms with van der Waals surface area (Å²) in [5, 5.41) is 1.91. The number of hydrazine groups is 1. The largest absolute Gasteiger partial charge is 0.494 e. The van der Waals surface area contributed by atoms with Crippen molar-refractivity contribution in [1.82, 2.24) is 10.3 Å². The fourth-order valence-corrected chi connectivity index (χ4v) is 4.80. The summed E-state index contributed by atoms with van der Waals surface area (Å²) in [6.07, 6.45) is 1.87. The molecule has 0 unspecified atom stereocenters. The summed E-state index contributed by atoms with van der Waals surface area (Å²) < 4.78 is 11.5. The number of anilines is 2. The molecule has 10 nitrogen and oxygen atoms in total. The minimum absolute atomic E-state index is 0.0279. The predicted octanol–water partition coefficient (Wildman–Crippen LogP) is 3.37. The van der Waals surface area contributed by atoms with Crippen LogP contribution in [-0.2, 0) is 22.6 Å². The molecule has 0 saturated carbocycles. The number of para-hydroxylation sites is 3. The molecule has 5 rings (SSSR count). The number of nitrogens with one attached hydrogen (secondary N) is 1. The number of hydrogen-bond donors (Lipinski definition) is 2. The number of carbonyl (C=O) groups is 2. The molecular weight excluding hydrogens is 508 g/mol. The molecule has 0 fully saturated rings. The van der Waals surface area contributed by atoms with E-state index in [-0.39, 0.29) is 18.4 Å². The van der Waals surface area contributed by atoms with E-state index in [9.17, 15) is 9.59 Å². The van der Waals surface area contributed by atoms with Crippen molar-refractivity contribution in [3.8, 4) is 11.5 Å². The number of aliphatic imine (C=N–C) groups is 1. The lowest BCUT2D eigenvalue weighted by atomic mass is 10.1. The third kappa shape index (κ3) is 6.28. The smallest absolute Gasteiger partial charge is 0.331 e. The van der Waals surface area contributed by atoms with Crippen LogP contribution < -0.4 is 30.5 Å². The fraction of sp³-hybridized carbons (Fsp3) is 0.300. The standard InChI is InChI=1S/C30H34N6O4/c1-34(2)26-10-5-6-11-27(26)40-29(38)20-35-19-22-13-14-23(18-24(22)32-30(35)31)39-17-7-12-28(37)33-36-16-15-21-8-3-4-9-25(21)36/h3-6,8-11,13-14,18H,7,12,15-17,19-20H2,1-2H3,(H2,31,32)(H,33,37). The van der Waals surface area contributed by atoms with Gasteiger partial charge in [-0.05, 0) is 48.2 Å². The zero-order valence-corrected chi connectivity index (χ0v) is 22.8. The van der Waals surface area contributed by atoms with Gasteiger partial charge in [-0.25, -0.2) is 9.79 Å². The second-order valence-electron chi connectivity index (χ2n) is 9.97. The Balaban J connectivity index is 1.09. The van der Waals surface area contributed by atoms with Crippen LogP contribution in [0.5, 0.6) is 11.5 Å². The number of amides is 1. The monoisotopic (exact) mass is 542 g/mol. The second kappa shape index (κ2) is 12.0. The lowest BCUT2D eigenvalue weighted by Crippen LogP contribution is -2.42. The lowest BCUT2D eigenvalue weighted by molar-refractivity contribution is -0.134. The van der Waals surface area contributed by atoms with Gasteiger partial charge < -0.3 is 25.0 Å². The Hall–Kier alpha value is -4.73. The zero-order chi connectivity index (χ0) is 28.1. The first-order valence-corrected chi connectivity index (χ1v) is 13.3. The van der Waals surface area contributed by atoms with Crippen LogP contribution >= 0.6 is 0 Å². The number of benzene rings is 3. The van der Waals surface area contributed by atoms with E-state index in [1.165, 1.54) is 5.56 Å². The van der Waals surface area contributed by atoms with E-state index < -0.39 is 5.97 Å². The Bertz CT molecular complexity index is 1420. The summed E-state index contributed by atoms with van der Waals surface area (Å²) in [5.74, 6) is 0.923. The number of carbonyl (C=O) groups excluding carboxylic acids is 2. The molecule has 0 aliphatic carbocycles. The molecule has 3 aromatic carbocycles. The summed E-state index contributed by atoms with van der Waals surface area (Å²) >= 11 is 0. The third-order valence-electron chi connectivity index (χ3n) is 6.83. The lowest BCUT2D eigenvalue weighted by Gasteiger charge is -2.27. The molecule has 3 N–H and O–H groups in total. The number of esters is 1. The topological polar surface area (TPSA) is 113 Å². The van der Waals surface area contributed by atoms with Crippen molar-refractivity contribution >= 4 is 34.9 Å². The first kappa shape index (κ1) is 26.9. The number of nitrogens with zero attached hydrogens (tertiary/aromatic N) is 4. The highest BCUT2D eigenvalue weighted by Gasteiger charge is 2.23. The van der Waals surface area contributed by atoms with Crippen molar-refractivity contribution < 1.29 is 19.1 Å². The first-order valence-electron chi connectivity index (χ1n) is 13.3. The maximum Gasteiger partial charge on any atom is 0.331 e. The van der Waals surface area contributed by atoms with Gasteiger partial charge in [0.2, 0.25) is 5.91 Å². The van der Waals surface area contributed by atoms with Crippen LogP contribution in [0.3, 0.4) is 0 Å². The normalized spacial score (nSPS) is 13.7. The molecule has 10 heteroatoms. The Labute approximate surface area is 233 Å². The molecule has 2 heterocycles. The molecule has 0 atom stereocenters. The first-order chi connectivity index (χ1) is 19.4. The van der Waals surface area contributed by atoms with Gasteiger partial charge in [-0.15, -0.1) is 0 Å². The van der Waals surface area contributed by atoms with E-state index in [2.05, 4.69) is 16.5 Å². The van der Waals surface area contributed by atoms with Gasteiger partial charge >= 0.3 is 5.97 Å². The number of nitrogens with two attached hydrogens (primary N) is 1. The Kier molecular flexibility index (Phi) is 8.04. The average Bonchev–Trinajstić information content (AvgIpc) is 3.34. The molecule has 0 spiro atoms. The van der Waals surface area contributed by atoms with Crippen molar-refractivity contribution in [3.63, 3.8) is 0 Å². The van der Waals surface area contributed by atoms with E-state index in [0.29, 0.717) is 43.2 Å². The van der Waals surface area contributed by atoms with Gasteiger partial charge in [0.15, 0.2) is 11.7 Å². The van der Waals surface area contributed by atoms with Crippen molar-refractivity contribution in [3.05, 3.63) is 77.9 Å². The van der Waals surface area contributed by atoms with Crippen molar-refractivity contribution in [2.24, 2.45) is 10.7 Å². The zero-order valence-electron chi connectivity index (χ0n) is 22.8.